The molecule has 0 atom stereocenters. The monoisotopic (exact) mass is 298 g/mol. The molecule has 0 unspecified atom stereocenters. The number of nitrogens with zero attached hydrogens (tertiary/aromatic N) is 2. The van der Waals surface area contributed by atoms with Crippen LogP contribution >= 0.6 is 0 Å². The van der Waals surface area contributed by atoms with Gasteiger partial charge in [-0.3, -0.25) is 4.79 Å². The predicted molar refractivity (Wildman–Crippen MR) is 64.9 cm³/mol. The summed E-state index contributed by atoms with van der Waals surface area (Å²) in [5.74, 6) is -5.12. The number of halogens is 3. The number of aromatic nitrogens is 2. The van der Waals surface area contributed by atoms with Crippen LogP contribution in [0.5, 0.6) is 11.8 Å². The zero-order chi connectivity index (χ0) is 15.6. The van der Waals surface area contributed by atoms with E-state index in [4.69, 9.17) is 9.47 Å². The van der Waals surface area contributed by atoms with Crippen LogP contribution in [0.2, 0.25) is 0 Å². The van der Waals surface area contributed by atoms with Crippen molar-refractivity contribution in [2.45, 2.75) is 0 Å². The van der Waals surface area contributed by atoms with Crippen LogP contribution in [-0.4, -0.2) is 30.0 Å². The third kappa shape index (κ3) is 2.78. The van der Waals surface area contributed by atoms with Gasteiger partial charge >= 0.3 is 0 Å². The third-order valence-corrected chi connectivity index (χ3v) is 2.57. The fraction of sp³-hybridized carbons (Fsp3) is 0.154. The van der Waals surface area contributed by atoms with Gasteiger partial charge in [-0.05, 0) is 0 Å². The Balaban J connectivity index is 2.55. The lowest BCUT2D eigenvalue weighted by Crippen LogP contribution is -2.12. The highest BCUT2D eigenvalue weighted by Crippen LogP contribution is 2.23. The van der Waals surface area contributed by atoms with Crippen molar-refractivity contribution in [3.8, 4) is 11.8 Å². The van der Waals surface area contributed by atoms with Gasteiger partial charge in [-0.1, -0.05) is 0 Å². The summed E-state index contributed by atoms with van der Waals surface area (Å²) in [5.41, 5.74) is -1.35. The minimum absolute atomic E-state index is 0.0588. The third-order valence-electron chi connectivity index (χ3n) is 2.57. The molecule has 5 nitrogen and oxygen atoms in total. The van der Waals surface area contributed by atoms with Gasteiger partial charge in [0.25, 0.3) is 0 Å². The van der Waals surface area contributed by atoms with E-state index in [9.17, 15) is 18.0 Å². The Kier molecular flexibility index (Phi) is 4.06. The molecule has 0 aliphatic heterocycles. The molecule has 0 spiro atoms. The van der Waals surface area contributed by atoms with E-state index < -0.39 is 34.5 Å². The number of hydrogen-bond acceptors (Lipinski definition) is 5. The van der Waals surface area contributed by atoms with Crippen molar-refractivity contribution < 1.29 is 27.4 Å². The van der Waals surface area contributed by atoms with Gasteiger partial charge in [0.2, 0.25) is 17.5 Å². The van der Waals surface area contributed by atoms with Gasteiger partial charge in [-0.15, -0.1) is 0 Å². The molecule has 0 fully saturated rings. The zero-order valence-corrected chi connectivity index (χ0v) is 11.0. The highest BCUT2D eigenvalue weighted by molar-refractivity contribution is 6.09. The highest BCUT2D eigenvalue weighted by atomic mass is 19.1. The minimum Gasteiger partial charge on any atom is -0.480 e. The van der Waals surface area contributed by atoms with Crippen LogP contribution in [0, 0.1) is 17.5 Å². The van der Waals surface area contributed by atoms with Crippen molar-refractivity contribution in [1.29, 1.82) is 0 Å². The lowest BCUT2D eigenvalue weighted by molar-refractivity contribution is 0.102. The maximum absolute atomic E-state index is 13.6. The largest absolute Gasteiger partial charge is 0.480 e. The summed E-state index contributed by atoms with van der Waals surface area (Å²) in [6.07, 6.45) is 1.09. The first-order valence-corrected chi connectivity index (χ1v) is 5.62. The smallest absolute Gasteiger partial charge is 0.247 e. The van der Waals surface area contributed by atoms with E-state index in [1.165, 1.54) is 14.2 Å². The van der Waals surface area contributed by atoms with E-state index in [1.807, 2.05) is 0 Å². The Labute approximate surface area is 117 Å². The van der Waals surface area contributed by atoms with Crippen molar-refractivity contribution >= 4 is 5.78 Å². The van der Waals surface area contributed by atoms with Crippen molar-refractivity contribution in [2.24, 2.45) is 0 Å². The number of rotatable bonds is 4. The molecule has 0 aliphatic carbocycles. The van der Waals surface area contributed by atoms with Gasteiger partial charge < -0.3 is 9.47 Å². The Bertz CT molecular complexity index is 684. The van der Waals surface area contributed by atoms with E-state index in [0.717, 1.165) is 6.20 Å². The van der Waals surface area contributed by atoms with E-state index in [2.05, 4.69) is 9.97 Å². The molecule has 1 aromatic carbocycles. The molecule has 1 heterocycles. The zero-order valence-electron chi connectivity index (χ0n) is 11.0. The van der Waals surface area contributed by atoms with Gasteiger partial charge in [0.1, 0.15) is 17.5 Å². The lowest BCUT2D eigenvalue weighted by Gasteiger charge is -2.08. The molecule has 0 bridgehead atoms. The second-order valence-electron chi connectivity index (χ2n) is 3.84. The summed E-state index contributed by atoms with van der Waals surface area (Å²) in [5, 5.41) is 0. The number of carbonyl (C=O) groups is 1. The predicted octanol–water partition coefficient (Wildman–Crippen LogP) is 2.14. The average molecular weight is 298 g/mol. The van der Waals surface area contributed by atoms with Crippen LogP contribution in [0.25, 0.3) is 0 Å². The van der Waals surface area contributed by atoms with Crippen LogP contribution in [0.15, 0.2) is 18.3 Å². The summed E-state index contributed by atoms with van der Waals surface area (Å²) in [6, 6.07) is 0.805. The minimum atomic E-state index is -1.34. The standard InChI is InChI=1S/C13H9F3N2O3/c1-20-9-5-17-11(13(18-9)21-2)12(19)10-7(15)3-6(14)4-8(10)16/h3-5H,1-2H3. The number of ketones is 1. The number of benzene rings is 1. The van der Waals surface area contributed by atoms with E-state index in [-0.39, 0.29) is 11.8 Å². The molecule has 110 valence electrons. The fourth-order valence-corrected chi connectivity index (χ4v) is 1.63. The molecule has 2 aromatic rings. The molecular weight excluding hydrogens is 289 g/mol. The molecular formula is C13H9F3N2O3. The fourth-order valence-electron chi connectivity index (χ4n) is 1.63. The van der Waals surface area contributed by atoms with Crippen molar-refractivity contribution in [2.75, 3.05) is 14.2 Å². The van der Waals surface area contributed by atoms with Crippen LogP contribution in [-0.2, 0) is 0 Å². The molecule has 2 rings (SSSR count). The first-order valence-electron chi connectivity index (χ1n) is 5.62. The quantitative estimate of drug-likeness (QED) is 0.809. The summed E-state index contributed by atoms with van der Waals surface area (Å²) in [6.45, 7) is 0. The first-order chi connectivity index (χ1) is 9.97. The summed E-state index contributed by atoms with van der Waals surface area (Å²) < 4.78 is 49.7. The second-order valence-corrected chi connectivity index (χ2v) is 3.84. The number of carbonyl (C=O) groups excluding carboxylic acids is 1. The number of methoxy groups -OCH3 is 2. The van der Waals surface area contributed by atoms with E-state index >= 15 is 0 Å². The normalized spacial score (nSPS) is 10.3. The molecule has 21 heavy (non-hydrogen) atoms. The lowest BCUT2D eigenvalue weighted by atomic mass is 10.1. The van der Waals surface area contributed by atoms with Crippen LogP contribution in [0.3, 0.4) is 0 Å². The molecule has 0 radical (unpaired) electrons. The van der Waals surface area contributed by atoms with Crippen LogP contribution in [0.4, 0.5) is 13.2 Å². The van der Waals surface area contributed by atoms with Crippen LogP contribution < -0.4 is 9.47 Å². The number of hydrogen-bond donors (Lipinski definition) is 0. The SMILES string of the molecule is COc1cnc(C(=O)c2c(F)cc(F)cc2F)c(OC)n1. The molecule has 0 amide bonds. The van der Waals surface area contributed by atoms with E-state index in [1.54, 1.807) is 0 Å². The van der Waals surface area contributed by atoms with Crippen molar-refractivity contribution in [3.05, 3.63) is 47.0 Å². The Morgan fingerprint density at radius 3 is 2.24 bits per heavy atom. The van der Waals surface area contributed by atoms with Crippen molar-refractivity contribution in [3.63, 3.8) is 0 Å². The molecule has 0 N–H and O–H groups in total. The van der Waals surface area contributed by atoms with E-state index in [0.29, 0.717) is 12.1 Å². The van der Waals surface area contributed by atoms with Gasteiger partial charge in [-0.2, -0.15) is 4.98 Å². The summed E-state index contributed by atoms with van der Waals surface area (Å²) in [4.78, 5) is 19.7. The molecule has 0 aliphatic rings. The molecule has 0 saturated carbocycles. The highest BCUT2D eigenvalue weighted by Gasteiger charge is 2.25. The topological polar surface area (TPSA) is 61.3 Å². The summed E-state index contributed by atoms with van der Waals surface area (Å²) in [7, 11) is 2.53. The van der Waals surface area contributed by atoms with Crippen molar-refractivity contribution in [1.82, 2.24) is 9.97 Å². The van der Waals surface area contributed by atoms with Crippen LogP contribution in [0.1, 0.15) is 16.1 Å². The summed E-state index contributed by atoms with van der Waals surface area (Å²) >= 11 is 0. The molecule has 8 heteroatoms. The Morgan fingerprint density at radius 1 is 1.10 bits per heavy atom. The van der Waals surface area contributed by atoms with Gasteiger partial charge in [0.05, 0.1) is 26.0 Å². The van der Waals surface area contributed by atoms with Gasteiger partial charge in [0.15, 0.2) is 5.69 Å². The van der Waals surface area contributed by atoms with Gasteiger partial charge in [-0.25, -0.2) is 18.2 Å². The first kappa shape index (κ1) is 14.8. The maximum atomic E-state index is 13.6. The molecule has 0 saturated heterocycles. The Hall–Kier alpha value is -2.64. The Morgan fingerprint density at radius 2 is 1.71 bits per heavy atom. The average Bonchev–Trinajstić information content (AvgIpc) is 2.45. The second kappa shape index (κ2) is 5.78. The molecule has 1 aromatic heterocycles. The number of ether oxygens (including phenoxy) is 2. The maximum Gasteiger partial charge on any atom is 0.247 e. The van der Waals surface area contributed by atoms with Gasteiger partial charge in [0, 0.05) is 12.1 Å².